The number of allylic oxidation sites excluding steroid dienone is 2. The molecule has 1 aliphatic heterocycles. The van der Waals surface area contributed by atoms with Crippen LogP contribution in [0.1, 0.15) is 11.3 Å². The van der Waals surface area contributed by atoms with Crippen LogP contribution in [0.5, 0.6) is 5.75 Å². The molecule has 0 bridgehead atoms. The predicted octanol–water partition coefficient (Wildman–Crippen LogP) is 3.10. The summed E-state index contributed by atoms with van der Waals surface area (Å²) in [4.78, 5) is 26.4. The Hall–Kier alpha value is -2.84. The van der Waals surface area contributed by atoms with E-state index in [1.54, 1.807) is 60.9 Å². The normalized spacial score (nSPS) is 15.7. The van der Waals surface area contributed by atoms with Gasteiger partial charge in [-0.15, -0.1) is 0 Å². The van der Waals surface area contributed by atoms with Crippen molar-refractivity contribution < 1.29 is 19.1 Å². The van der Waals surface area contributed by atoms with Gasteiger partial charge in [-0.2, -0.15) is 0 Å². The van der Waals surface area contributed by atoms with E-state index in [4.69, 9.17) is 16.6 Å². The molecule has 2 N–H and O–H groups in total. The van der Waals surface area contributed by atoms with Crippen molar-refractivity contribution >= 4 is 46.2 Å². The Morgan fingerprint density at radius 3 is 2.79 bits per heavy atom. The lowest BCUT2D eigenvalue weighted by Crippen LogP contribution is -2.40. The second-order valence-corrected chi connectivity index (χ2v) is 7.61. The number of amides is 2. The minimum absolute atomic E-state index is 0.112. The SMILES string of the molecule is O=C(CN1C(=O)C(=CC=Cc2ccco2)SC1=S)NCCc1ccc(O)cc1. The van der Waals surface area contributed by atoms with Crippen LogP contribution in [0.3, 0.4) is 0 Å². The standard InChI is InChI=1S/C20H18N2O4S2/c23-15-8-6-14(7-9-15)10-11-21-18(24)13-22-19(25)17(28-20(22)27)5-1-3-16-4-2-12-26-16/h1-9,12,23H,10-11,13H2,(H,21,24). The number of carbonyl (C=O) groups excluding carboxylic acids is 2. The summed E-state index contributed by atoms with van der Waals surface area (Å²) in [5.41, 5.74) is 0.995. The van der Waals surface area contributed by atoms with E-state index in [2.05, 4.69) is 5.32 Å². The first-order chi connectivity index (χ1) is 13.5. The van der Waals surface area contributed by atoms with Gasteiger partial charge in [0.15, 0.2) is 0 Å². The summed E-state index contributed by atoms with van der Waals surface area (Å²) in [6.07, 6.45) is 7.30. The molecule has 0 aliphatic carbocycles. The molecule has 0 unspecified atom stereocenters. The first-order valence-corrected chi connectivity index (χ1v) is 9.75. The Balaban J connectivity index is 1.49. The van der Waals surface area contributed by atoms with E-state index in [-0.39, 0.29) is 24.1 Å². The van der Waals surface area contributed by atoms with Crippen molar-refractivity contribution in [1.29, 1.82) is 0 Å². The van der Waals surface area contributed by atoms with E-state index in [0.717, 1.165) is 5.56 Å². The van der Waals surface area contributed by atoms with Crippen LogP contribution in [0.15, 0.2) is 64.1 Å². The third-order valence-electron chi connectivity index (χ3n) is 3.90. The molecule has 1 aromatic carbocycles. The molecule has 2 aromatic rings. The molecule has 0 spiro atoms. The Kier molecular flexibility index (Phi) is 6.67. The fraction of sp³-hybridized carbons (Fsp3) is 0.150. The van der Waals surface area contributed by atoms with Crippen LogP contribution < -0.4 is 5.32 Å². The van der Waals surface area contributed by atoms with Crippen LogP contribution in [-0.4, -0.2) is 39.2 Å². The van der Waals surface area contributed by atoms with Crippen LogP contribution >= 0.6 is 24.0 Å². The third kappa shape index (κ3) is 5.34. The number of nitrogens with one attached hydrogen (secondary N) is 1. The topological polar surface area (TPSA) is 82.8 Å². The molecular weight excluding hydrogens is 396 g/mol. The molecule has 2 heterocycles. The summed E-state index contributed by atoms with van der Waals surface area (Å²) in [5, 5.41) is 12.0. The number of hydrogen-bond acceptors (Lipinski definition) is 6. The number of thiocarbonyl (C=S) groups is 1. The number of furan rings is 1. The first kappa shape index (κ1) is 19.9. The number of benzene rings is 1. The lowest BCUT2D eigenvalue weighted by atomic mass is 10.1. The smallest absolute Gasteiger partial charge is 0.266 e. The summed E-state index contributed by atoms with van der Waals surface area (Å²) < 4.78 is 5.54. The summed E-state index contributed by atoms with van der Waals surface area (Å²) in [6, 6.07) is 10.4. The number of thioether (sulfide) groups is 1. The highest BCUT2D eigenvalue weighted by Crippen LogP contribution is 2.30. The molecule has 0 radical (unpaired) electrons. The molecule has 1 aromatic heterocycles. The Labute approximate surface area is 171 Å². The van der Waals surface area contributed by atoms with Crippen molar-refractivity contribution in [2.75, 3.05) is 13.1 Å². The second kappa shape index (κ2) is 9.38. The second-order valence-electron chi connectivity index (χ2n) is 5.93. The number of rotatable bonds is 7. The fourth-order valence-electron chi connectivity index (χ4n) is 2.48. The van der Waals surface area contributed by atoms with Gasteiger partial charge in [0, 0.05) is 6.54 Å². The number of phenolic OH excluding ortho intramolecular Hbond substituents is 1. The molecule has 8 heteroatoms. The van der Waals surface area contributed by atoms with Gasteiger partial charge >= 0.3 is 0 Å². The number of hydrogen-bond donors (Lipinski definition) is 2. The van der Waals surface area contributed by atoms with E-state index in [0.29, 0.717) is 28.0 Å². The lowest BCUT2D eigenvalue weighted by Gasteiger charge is -2.14. The highest BCUT2D eigenvalue weighted by atomic mass is 32.2. The highest BCUT2D eigenvalue weighted by Gasteiger charge is 2.32. The molecule has 1 saturated heterocycles. The average molecular weight is 415 g/mol. The van der Waals surface area contributed by atoms with Gasteiger partial charge in [0.2, 0.25) is 5.91 Å². The van der Waals surface area contributed by atoms with Crippen LogP contribution in [0, 0.1) is 0 Å². The zero-order chi connectivity index (χ0) is 19.9. The van der Waals surface area contributed by atoms with Crippen molar-refractivity contribution in [3.63, 3.8) is 0 Å². The molecule has 1 fully saturated rings. The maximum atomic E-state index is 12.5. The van der Waals surface area contributed by atoms with Crippen molar-refractivity contribution in [3.05, 3.63) is 71.0 Å². The van der Waals surface area contributed by atoms with Gasteiger partial charge in [0.1, 0.15) is 22.4 Å². The van der Waals surface area contributed by atoms with Crippen molar-refractivity contribution in [3.8, 4) is 5.75 Å². The maximum Gasteiger partial charge on any atom is 0.266 e. The molecule has 3 rings (SSSR count). The van der Waals surface area contributed by atoms with E-state index >= 15 is 0 Å². The van der Waals surface area contributed by atoms with Crippen molar-refractivity contribution in [1.82, 2.24) is 10.2 Å². The van der Waals surface area contributed by atoms with E-state index in [1.165, 1.54) is 16.7 Å². The monoisotopic (exact) mass is 414 g/mol. The molecule has 6 nitrogen and oxygen atoms in total. The molecular formula is C20H18N2O4S2. The van der Waals surface area contributed by atoms with Gasteiger partial charge in [-0.05, 0) is 48.4 Å². The van der Waals surface area contributed by atoms with Gasteiger partial charge in [-0.25, -0.2) is 0 Å². The summed E-state index contributed by atoms with van der Waals surface area (Å²) in [7, 11) is 0. The number of nitrogens with zero attached hydrogens (tertiary/aromatic N) is 1. The van der Waals surface area contributed by atoms with Crippen molar-refractivity contribution in [2.24, 2.45) is 0 Å². The zero-order valence-electron chi connectivity index (χ0n) is 14.8. The molecule has 1 aliphatic rings. The molecule has 28 heavy (non-hydrogen) atoms. The minimum atomic E-state index is -0.284. The maximum absolute atomic E-state index is 12.5. The van der Waals surface area contributed by atoms with Crippen molar-refractivity contribution in [2.45, 2.75) is 6.42 Å². The Morgan fingerprint density at radius 1 is 1.29 bits per heavy atom. The Morgan fingerprint density at radius 2 is 2.07 bits per heavy atom. The molecule has 2 amide bonds. The lowest BCUT2D eigenvalue weighted by molar-refractivity contribution is -0.128. The van der Waals surface area contributed by atoms with Gasteiger partial charge in [-0.3, -0.25) is 14.5 Å². The van der Waals surface area contributed by atoms with E-state index < -0.39 is 0 Å². The quantitative estimate of drug-likeness (QED) is 0.535. The molecule has 0 atom stereocenters. The predicted molar refractivity (Wildman–Crippen MR) is 113 cm³/mol. The summed E-state index contributed by atoms with van der Waals surface area (Å²) in [5.74, 6) is 0.323. The summed E-state index contributed by atoms with van der Waals surface area (Å²) >= 11 is 6.39. The molecule has 0 saturated carbocycles. The number of carbonyl (C=O) groups is 2. The van der Waals surface area contributed by atoms with Crippen LogP contribution in [0.4, 0.5) is 0 Å². The van der Waals surface area contributed by atoms with Crippen LogP contribution in [-0.2, 0) is 16.0 Å². The highest BCUT2D eigenvalue weighted by molar-refractivity contribution is 8.26. The average Bonchev–Trinajstić information content (AvgIpc) is 3.28. The van der Waals surface area contributed by atoms with E-state index in [9.17, 15) is 14.7 Å². The first-order valence-electron chi connectivity index (χ1n) is 8.53. The van der Waals surface area contributed by atoms with Gasteiger partial charge in [0.05, 0.1) is 11.2 Å². The van der Waals surface area contributed by atoms with E-state index in [1.807, 2.05) is 0 Å². The van der Waals surface area contributed by atoms with Gasteiger partial charge in [0.25, 0.3) is 5.91 Å². The summed E-state index contributed by atoms with van der Waals surface area (Å²) in [6.45, 7) is 0.319. The number of aromatic hydroxyl groups is 1. The zero-order valence-corrected chi connectivity index (χ0v) is 16.5. The third-order valence-corrected chi connectivity index (χ3v) is 5.29. The van der Waals surface area contributed by atoms with Crippen LogP contribution in [0.2, 0.25) is 0 Å². The molecule has 144 valence electrons. The van der Waals surface area contributed by atoms with Gasteiger partial charge in [-0.1, -0.05) is 42.2 Å². The largest absolute Gasteiger partial charge is 0.508 e. The fourth-order valence-corrected chi connectivity index (χ4v) is 3.68. The minimum Gasteiger partial charge on any atom is -0.508 e. The van der Waals surface area contributed by atoms with Crippen LogP contribution in [0.25, 0.3) is 6.08 Å². The number of phenols is 1. The Bertz CT molecular complexity index is 918. The van der Waals surface area contributed by atoms with Gasteiger partial charge < -0.3 is 14.8 Å².